The van der Waals surface area contributed by atoms with E-state index in [0.717, 1.165) is 11.4 Å². The molecule has 0 N–H and O–H groups in total. The minimum atomic E-state index is -0.162. The monoisotopic (exact) mass is 870 g/mol. The Morgan fingerprint density at radius 2 is 0.618 bits per heavy atom. The Hall–Kier alpha value is -8.20. The summed E-state index contributed by atoms with van der Waals surface area (Å²) in [5.74, 6) is 0. The van der Waals surface area contributed by atoms with Crippen molar-refractivity contribution in [2.45, 2.75) is 38.5 Å². The summed E-state index contributed by atoms with van der Waals surface area (Å²) in [6.07, 6.45) is 0. The maximum Gasteiger partial charge on any atom is 0.0502 e. The van der Waals surface area contributed by atoms with Crippen LogP contribution in [0, 0.1) is 0 Å². The van der Waals surface area contributed by atoms with Crippen molar-refractivity contribution in [3.63, 3.8) is 0 Å². The summed E-state index contributed by atoms with van der Waals surface area (Å²) in [4.78, 5) is 4.99. The van der Waals surface area contributed by atoms with Crippen LogP contribution in [-0.2, 0) is 10.8 Å². The molecular weight excluding hydrogens is 821 g/mol. The van der Waals surface area contributed by atoms with E-state index in [9.17, 15) is 0 Å². The molecule has 0 aromatic heterocycles. The van der Waals surface area contributed by atoms with Crippen LogP contribution in [0.5, 0.6) is 0 Å². The quantitative estimate of drug-likeness (QED) is 0.159. The number of hydrogen-bond acceptors (Lipinski definition) is 2. The van der Waals surface area contributed by atoms with E-state index in [1.165, 1.54) is 111 Å². The molecule has 0 saturated carbocycles. The standard InChI is InChI=1S/C66H50N2/c1-65(2)55-27-13-17-31-59(55)67(60-32-18-14-28-56(60)65)45-36-38-52-53(41-45)63(44-23-9-6-10-24-44)51-37-35-46(68-61-33-19-15-29-57(61)66(3,4)58-30-16-20-34-62(58)68)42-54(51)64(52)50-40-39-47(43-21-7-5-8-22-43)48-25-11-12-26-49(48)50/h5-42H,1-4H3. The molecule has 2 heteroatoms. The summed E-state index contributed by atoms with van der Waals surface area (Å²) in [6, 6.07) is 86.0. The molecule has 0 fully saturated rings. The topological polar surface area (TPSA) is 6.48 Å². The summed E-state index contributed by atoms with van der Waals surface area (Å²) in [5, 5.41) is 7.34. The summed E-state index contributed by atoms with van der Waals surface area (Å²) < 4.78 is 0. The Labute approximate surface area is 399 Å². The van der Waals surface area contributed by atoms with E-state index in [-0.39, 0.29) is 10.8 Å². The second-order valence-corrected chi connectivity index (χ2v) is 19.6. The maximum atomic E-state index is 2.50. The summed E-state index contributed by atoms with van der Waals surface area (Å²) in [6.45, 7) is 9.44. The fourth-order valence-corrected chi connectivity index (χ4v) is 12.0. The Bertz CT molecular complexity index is 3710. The zero-order chi connectivity index (χ0) is 45.7. The highest BCUT2D eigenvalue weighted by atomic mass is 15.2. The molecular formula is C66H50N2. The van der Waals surface area contributed by atoms with Crippen LogP contribution in [0.15, 0.2) is 231 Å². The van der Waals surface area contributed by atoms with Crippen LogP contribution >= 0.6 is 0 Å². The van der Waals surface area contributed by atoms with Crippen LogP contribution in [0.4, 0.5) is 34.1 Å². The molecule has 0 spiro atoms. The van der Waals surface area contributed by atoms with Gasteiger partial charge in [0.05, 0.1) is 22.7 Å². The largest absolute Gasteiger partial charge is 0.310 e. The lowest BCUT2D eigenvalue weighted by Crippen LogP contribution is -2.30. The minimum Gasteiger partial charge on any atom is -0.310 e. The number of benzene rings is 11. The van der Waals surface area contributed by atoms with Crippen LogP contribution < -0.4 is 9.80 Å². The Kier molecular flexibility index (Phi) is 8.95. The second kappa shape index (κ2) is 15.2. The van der Waals surface area contributed by atoms with Crippen molar-refractivity contribution in [3.8, 4) is 33.4 Å². The van der Waals surface area contributed by atoms with E-state index < -0.39 is 0 Å². The van der Waals surface area contributed by atoms with E-state index in [1.807, 2.05) is 0 Å². The number of anilines is 6. The van der Waals surface area contributed by atoms with Crippen molar-refractivity contribution in [2.75, 3.05) is 9.80 Å². The molecule has 2 aliphatic heterocycles. The fourth-order valence-electron chi connectivity index (χ4n) is 12.0. The van der Waals surface area contributed by atoms with E-state index >= 15 is 0 Å². The van der Waals surface area contributed by atoms with Gasteiger partial charge in [-0.1, -0.05) is 210 Å². The Balaban J connectivity index is 1.15. The minimum absolute atomic E-state index is 0.158. The lowest BCUT2D eigenvalue weighted by molar-refractivity contribution is 0.632. The van der Waals surface area contributed by atoms with Gasteiger partial charge in [-0.05, 0) is 136 Å². The molecule has 2 nitrogen and oxygen atoms in total. The summed E-state index contributed by atoms with van der Waals surface area (Å²) >= 11 is 0. The average molecular weight is 871 g/mol. The van der Waals surface area contributed by atoms with Gasteiger partial charge in [0.1, 0.15) is 0 Å². The number of fused-ring (bicyclic) bond motifs is 7. The van der Waals surface area contributed by atoms with Gasteiger partial charge in [0.25, 0.3) is 0 Å². The third-order valence-corrected chi connectivity index (χ3v) is 15.2. The van der Waals surface area contributed by atoms with Crippen LogP contribution in [0.2, 0.25) is 0 Å². The molecule has 11 aromatic rings. The molecule has 0 unspecified atom stereocenters. The lowest BCUT2D eigenvalue weighted by atomic mass is 9.73. The van der Waals surface area contributed by atoms with Gasteiger partial charge in [-0.25, -0.2) is 0 Å². The first-order valence-electron chi connectivity index (χ1n) is 23.9. The van der Waals surface area contributed by atoms with E-state index in [4.69, 9.17) is 0 Å². The van der Waals surface area contributed by atoms with Gasteiger partial charge < -0.3 is 9.80 Å². The molecule has 13 rings (SSSR count). The molecule has 2 aliphatic rings. The first-order valence-corrected chi connectivity index (χ1v) is 23.9. The number of rotatable bonds is 5. The third kappa shape index (κ3) is 5.90. The number of hydrogen-bond donors (Lipinski definition) is 0. The predicted octanol–water partition coefficient (Wildman–Crippen LogP) is 18.4. The van der Waals surface area contributed by atoms with Gasteiger partial charge in [-0.15, -0.1) is 0 Å². The second-order valence-electron chi connectivity index (χ2n) is 19.6. The van der Waals surface area contributed by atoms with Crippen molar-refractivity contribution in [1.29, 1.82) is 0 Å². The van der Waals surface area contributed by atoms with Crippen LogP contribution in [0.25, 0.3) is 65.7 Å². The Morgan fingerprint density at radius 3 is 1.09 bits per heavy atom. The third-order valence-electron chi connectivity index (χ3n) is 15.2. The van der Waals surface area contributed by atoms with Gasteiger partial charge >= 0.3 is 0 Å². The summed E-state index contributed by atoms with van der Waals surface area (Å²) in [5.41, 5.74) is 19.4. The highest BCUT2D eigenvalue weighted by molar-refractivity contribution is 6.25. The molecule has 0 aliphatic carbocycles. The molecule has 0 saturated heterocycles. The van der Waals surface area contributed by atoms with Gasteiger partial charge in [-0.3, -0.25) is 0 Å². The fraction of sp³-hybridized carbons (Fsp3) is 0.0909. The van der Waals surface area contributed by atoms with Gasteiger partial charge in [0, 0.05) is 22.2 Å². The van der Waals surface area contributed by atoms with Gasteiger partial charge in [-0.2, -0.15) is 0 Å². The molecule has 68 heavy (non-hydrogen) atoms. The van der Waals surface area contributed by atoms with E-state index in [2.05, 4.69) is 268 Å². The predicted molar refractivity (Wildman–Crippen MR) is 289 cm³/mol. The Morgan fingerprint density at radius 1 is 0.265 bits per heavy atom. The van der Waals surface area contributed by atoms with Gasteiger partial charge in [0.2, 0.25) is 0 Å². The maximum absolute atomic E-state index is 2.50. The zero-order valence-corrected chi connectivity index (χ0v) is 38.8. The molecule has 2 heterocycles. The smallest absolute Gasteiger partial charge is 0.0502 e. The number of para-hydroxylation sites is 4. The van der Waals surface area contributed by atoms with Crippen LogP contribution in [0.1, 0.15) is 49.9 Å². The highest BCUT2D eigenvalue weighted by Crippen LogP contribution is 2.56. The number of nitrogens with zero attached hydrogens (tertiary/aromatic N) is 2. The van der Waals surface area contributed by atoms with Crippen molar-refractivity contribution in [2.24, 2.45) is 0 Å². The lowest BCUT2D eigenvalue weighted by Gasteiger charge is -2.42. The normalized spacial score (nSPS) is 14.4. The zero-order valence-electron chi connectivity index (χ0n) is 38.8. The molecule has 0 bridgehead atoms. The first-order chi connectivity index (χ1) is 33.3. The van der Waals surface area contributed by atoms with E-state index in [1.54, 1.807) is 0 Å². The van der Waals surface area contributed by atoms with Crippen LogP contribution in [-0.4, -0.2) is 0 Å². The average Bonchev–Trinajstić information content (AvgIpc) is 3.38. The van der Waals surface area contributed by atoms with Crippen molar-refractivity contribution >= 4 is 66.4 Å². The van der Waals surface area contributed by atoms with E-state index in [0.29, 0.717) is 0 Å². The SMILES string of the molecule is CC1(C)c2ccccc2N(c2ccc3c(-c4ccc(-c5ccccc5)c5ccccc45)c4cc(N5c6ccccc6C(C)(C)c6ccccc65)ccc4c(-c4ccccc4)c3c2)c2ccccc21. The van der Waals surface area contributed by atoms with Crippen molar-refractivity contribution in [3.05, 3.63) is 253 Å². The molecule has 324 valence electrons. The molecule has 0 amide bonds. The van der Waals surface area contributed by atoms with Crippen molar-refractivity contribution < 1.29 is 0 Å². The molecule has 0 atom stereocenters. The van der Waals surface area contributed by atoms with Crippen LogP contribution in [0.3, 0.4) is 0 Å². The highest BCUT2D eigenvalue weighted by Gasteiger charge is 2.38. The van der Waals surface area contributed by atoms with Crippen molar-refractivity contribution in [1.82, 2.24) is 0 Å². The first kappa shape index (κ1) is 40.1. The molecule has 11 aromatic carbocycles. The van der Waals surface area contributed by atoms with Gasteiger partial charge in [0.15, 0.2) is 0 Å². The summed E-state index contributed by atoms with van der Waals surface area (Å²) in [7, 11) is 0. The molecule has 0 radical (unpaired) electrons.